The molecule has 0 aliphatic heterocycles. The molecule has 78 valence electrons. The monoisotopic (exact) mass is 235 g/mol. The van der Waals surface area contributed by atoms with Crippen molar-refractivity contribution >= 4 is 41.4 Å². The number of carbonyl (C=O) groups excluding carboxylic acids is 1. The maximum absolute atomic E-state index is 11.1. The summed E-state index contributed by atoms with van der Waals surface area (Å²) in [4.78, 5) is 15.3. The number of thiophene rings is 1. The number of rotatable bonds is 2. The highest BCUT2D eigenvalue weighted by Crippen LogP contribution is 2.25. The molecule has 5 nitrogen and oxygen atoms in total. The Bertz CT molecular complexity index is 346. The van der Waals surface area contributed by atoms with Gasteiger partial charge in [0.05, 0.1) is 12.8 Å². The van der Waals surface area contributed by atoms with Crippen molar-refractivity contribution in [2.24, 2.45) is 16.5 Å². The second-order valence-corrected chi connectivity index (χ2v) is 3.08. The highest BCUT2D eigenvalue weighted by molar-refractivity contribution is 7.12. The van der Waals surface area contributed by atoms with Gasteiger partial charge in [0, 0.05) is 0 Å². The minimum atomic E-state index is -0.435. The maximum atomic E-state index is 11.1. The van der Waals surface area contributed by atoms with Crippen molar-refractivity contribution in [2.45, 2.75) is 0 Å². The van der Waals surface area contributed by atoms with Crippen molar-refractivity contribution in [1.29, 1.82) is 0 Å². The van der Waals surface area contributed by atoms with Crippen LogP contribution in [0, 0.1) is 0 Å². The van der Waals surface area contributed by atoms with Gasteiger partial charge in [0.25, 0.3) is 0 Å². The van der Waals surface area contributed by atoms with Gasteiger partial charge in [0.15, 0.2) is 5.96 Å². The first kappa shape index (κ1) is 12.7. The molecule has 0 saturated carbocycles. The average Bonchev–Trinajstić information content (AvgIpc) is 2.50. The van der Waals surface area contributed by atoms with Crippen LogP contribution >= 0.6 is 23.7 Å². The van der Waals surface area contributed by atoms with Gasteiger partial charge >= 0.3 is 5.97 Å². The van der Waals surface area contributed by atoms with Crippen LogP contribution in [0.25, 0.3) is 0 Å². The molecule has 0 radical (unpaired) electrons. The van der Waals surface area contributed by atoms with Crippen LogP contribution in [0.1, 0.15) is 9.67 Å². The summed E-state index contributed by atoms with van der Waals surface area (Å²) in [6.07, 6.45) is 0. The topological polar surface area (TPSA) is 90.7 Å². The molecule has 1 heterocycles. The van der Waals surface area contributed by atoms with Crippen molar-refractivity contribution < 1.29 is 9.53 Å². The van der Waals surface area contributed by atoms with E-state index in [9.17, 15) is 4.79 Å². The summed E-state index contributed by atoms with van der Waals surface area (Å²) in [6.45, 7) is 0. The first-order chi connectivity index (χ1) is 6.15. The largest absolute Gasteiger partial charge is 0.465 e. The third kappa shape index (κ3) is 2.90. The van der Waals surface area contributed by atoms with Gasteiger partial charge in [-0.2, -0.15) is 0 Å². The third-order valence-electron chi connectivity index (χ3n) is 1.26. The molecular formula is C7H10ClN3O2S. The van der Waals surface area contributed by atoms with Crippen LogP contribution in [0.3, 0.4) is 0 Å². The average molecular weight is 236 g/mol. The van der Waals surface area contributed by atoms with Crippen LogP contribution < -0.4 is 11.5 Å². The van der Waals surface area contributed by atoms with Crippen molar-refractivity contribution in [1.82, 2.24) is 0 Å². The number of halogens is 1. The van der Waals surface area contributed by atoms with Gasteiger partial charge < -0.3 is 16.2 Å². The van der Waals surface area contributed by atoms with Crippen molar-refractivity contribution in [3.8, 4) is 0 Å². The second-order valence-electron chi connectivity index (χ2n) is 2.16. The minimum Gasteiger partial charge on any atom is -0.465 e. The number of guanidine groups is 1. The molecule has 0 fully saturated rings. The van der Waals surface area contributed by atoms with Crippen molar-refractivity contribution in [2.75, 3.05) is 7.11 Å². The van der Waals surface area contributed by atoms with E-state index in [0.717, 1.165) is 0 Å². The molecule has 0 saturated heterocycles. The number of aliphatic imine (C=N–C) groups is 1. The lowest BCUT2D eigenvalue weighted by Gasteiger charge is -1.96. The van der Waals surface area contributed by atoms with Crippen LogP contribution in [0.5, 0.6) is 0 Å². The lowest BCUT2D eigenvalue weighted by atomic mass is 10.4. The maximum Gasteiger partial charge on any atom is 0.350 e. The molecule has 1 rings (SSSR count). The molecule has 0 unspecified atom stereocenters. The lowest BCUT2D eigenvalue weighted by Crippen LogP contribution is -2.22. The number of hydrogen-bond donors (Lipinski definition) is 2. The summed E-state index contributed by atoms with van der Waals surface area (Å²) in [7, 11) is 1.31. The Hall–Kier alpha value is -1.27. The number of nitrogens with two attached hydrogens (primary N) is 2. The van der Waals surface area contributed by atoms with E-state index in [-0.39, 0.29) is 18.4 Å². The van der Waals surface area contributed by atoms with Gasteiger partial charge in [-0.05, 0) is 11.4 Å². The number of esters is 1. The normalized spacial score (nSPS) is 8.64. The van der Waals surface area contributed by atoms with Crippen molar-refractivity contribution in [3.05, 3.63) is 16.3 Å². The van der Waals surface area contributed by atoms with Crippen LogP contribution in [0.15, 0.2) is 16.4 Å². The summed E-state index contributed by atoms with van der Waals surface area (Å²) >= 11 is 1.23. The number of methoxy groups -OCH3 is 1. The van der Waals surface area contributed by atoms with Crippen LogP contribution in [-0.4, -0.2) is 19.0 Å². The van der Waals surface area contributed by atoms with Crippen LogP contribution in [0.2, 0.25) is 0 Å². The van der Waals surface area contributed by atoms with E-state index in [1.165, 1.54) is 18.4 Å². The molecule has 0 amide bonds. The number of nitrogens with zero attached hydrogens (tertiary/aromatic N) is 1. The molecule has 0 aromatic carbocycles. The number of carbonyl (C=O) groups is 1. The highest BCUT2D eigenvalue weighted by atomic mass is 35.5. The second kappa shape index (κ2) is 5.46. The molecule has 4 N–H and O–H groups in total. The van der Waals surface area contributed by atoms with E-state index >= 15 is 0 Å². The molecule has 1 aromatic rings. The smallest absolute Gasteiger partial charge is 0.350 e. The quantitative estimate of drug-likeness (QED) is 0.452. The molecule has 1 aromatic heterocycles. The fraction of sp³-hybridized carbons (Fsp3) is 0.143. The fourth-order valence-corrected chi connectivity index (χ4v) is 1.52. The fourth-order valence-electron chi connectivity index (χ4n) is 0.775. The van der Waals surface area contributed by atoms with E-state index in [4.69, 9.17) is 11.5 Å². The van der Waals surface area contributed by atoms with Gasteiger partial charge in [-0.1, -0.05) is 0 Å². The molecule has 0 atom stereocenters. The Kier molecular flexibility index (Phi) is 4.96. The van der Waals surface area contributed by atoms with Gasteiger partial charge in [-0.3, -0.25) is 0 Å². The molecule has 0 bridgehead atoms. The first-order valence-electron chi connectivity index (χ1n) is 3.40. The van der Waals surface area contributed by atoms with Crippen LogP contribution in [-0.2, 0) is 4.74 Å². The zero-order valence-electron chi connectivity index (χ0n) is 7.39. The first-order valence-corrected chi connectivity index (χ1v) is 4.28. The van der Waals surface area contributed by atoms with Gasteiger partial charge in [0.2, 0.25) is 0 Å². The lowest BCUT2D eigenvalue weighted by molar-refractivity contribution is 0.0607. The Balaban J connectivity index is 0.00000169. The molecule has 7 heteroatoms. The summed E-state index contributed by atoms with van der Waals surface area (Å²) in [5, 5.41) is 1.72. The predicted octanol–water partition coefficient (Wildman–Crippen LogP) is 0.861. The SMILES string of the molecule is COC(=O)c1sccc1N=C(N)N.Cl. The Morgan fingerprint density at radius 2 is 2.21 bits per heavy atom. The molecule has 0 spiro atoms. The standard InChI is InChI=1S/C7H9N3O2S.ClH/c1-12-6(11)5-4(2-3-13-5)10-7(8)9;/h2-3H,1H3,(H4,8,9,10);1H. The summed E-state index contributed by atoms with van der Waals surface area (Å²) in [5.74, 6) is -0.515. The Morgan fingerprint density at radius 3 is 2.71 bits per heavy atom. The summed E-state index contributed by atoms with van der Waals surface area (Å²) < 4.78 is 4.54. The van der Waals surface area contributed by atoms with E-state index < -0.39 is 5.97 Å². The van der Waals surface area contributed by atoms with Gasteiger partial charge in [-0.15, -0.1) is 23.7 Å². The van der Waals surface area contributed by atoms with E-state index in [0.29, 0.717) is 10.6 Å². The minimum absolute atomic E-state index is 0. The molecule has 14 heavy (non-hydrogen) atoms. The Morgan fingerprint density at radius 1 is 1.57 bits per heavy atom. The van der Waals surface area contributed by atoms with Crippen LogP contribution in [0.4, 0.5) is 5.69 Å². The van der Waals surface area contributed by atoms with Gasteiger partial charge in [-0.25, -0.2) is 9.79 Å². The summed E-state index contributed by atoms with van der Waals surface area (Å²) in [6, 6.07) is 1.65. The third-order valence-corrected chi connectivity index (χ3v) is 2.15. The number of hydrogen-bond acceptors (Lipinski definition) is 4. The number of ether oxygens (including phenoxy) is 1. The zero-order chi connectivity index (χ0) is 9.84. The van der Waals surface area contributed by atoms with E-state index in [1.807, 2.05) is 0 Å². The van der Waals surface area contributed by atoms with Gasteiger partial charge in [0.1, 0.15) is 4.88 Å². The van der Waals surface area contributed by atoms with E-state index in [1.54, 1.807) is 11.4 Å². The molecule has 0 aliphatic rings. The van der Waals surface area contributed by atoms with E-state index in [2.05, 4.69) is 9.73 Å². The van der Waals surface area contributed by atoms with Crippen molar-refractivity contribution in [3.63, 3.8) is 0 Å². The molecular weight excluding hydrogens is 226 g/mol. The molecule has 0 aliphatic carbocycles. The predicted molar refractivity (Wildman–Crippen MR) is 58.4 cm³/mol. The Labute approximate surface area is 91.2 Å². The summed E-state index contributed by atoms with van der Waals surface area (Å²) in [5.41, 5.74) is 10.8. The highest BCUT2D eigenvalue weighted by Gasteiger charge is 2.12. The zero-order valence-corrected chi connectivity index (χ0v) is 9.02.